The molecule has 0 unspecified atom stereocenters. The first-order valence-corrected chi connectivity index (χ1v) is 10.1. The van der Waals surface area contributed by atoms with Gasteiger partial charge in [0.2, 0.25) is 0 Å². The van der Waals surface area contributed by atoms with Crippen LogP contribution in [0.25, 0.3) is 0 Å². The normalized spacial score (nSPS) is 13.9. The maximum Gasteiger partial charge on any atom is 0.260 e. The minimum atomic E-state index is -0.124. The van der Waals surface area contributed by atoms with Crippen molar-refractivity contribution in [2.45, 2.75) is 6.92 Å². The molecular formula is C21H22Cl2N2O4. The molecule has 1 aliphatic heterocycles. The second-order valence-electron chi connectivity index (χ2n) is 6.49. The minimum Gasteiger partial charge on any atom is -0.494 e. The Morgan fingerprint density at radius 3 is 2.03 bits per heavy atom. The maximum atomic E-state index is 12.6. The number of benzene rings is 2. The van der Waals surface area contributed by atoms with Crippen molar-refractivity contribution < 1.29 is 19.1 Å². The van der Waals surface area contributed by atoms with Gasteiger partial charge in [0.15, 0.2) is 6.61 Å². The Labute approximate surface area is 179 Å². The van der Waals surface area contributed by atoms with Crippen molar-refractivity contribution in [2.24, 2.45) is 0 Å². The molecular weight excluding hydrogens is 415 g/mol. The van der Waals surface area contributed by atoms with Gasteiger partial charge in [-0.15, -0.1) is 0 Å². The highest BCUT2D eigenvalue weighted by Gasteiger charge is 2.25. The van der Waals surface area contributed by atoms with Crippen LogP contribution in [0.5, 0.6) is 11.5 Å². The fraction of sp³-hybridized carbons (Fsp3) is 0.333. The smallest absolute Gasteiger partial charge is 0.260 e. The number of carbonyl (C=O) groups is 2. The third-order valence-corrected chi connectivity index (χ3v) is 5.32. The van der Waals surface area contributed by atoms with Crippen molar-refractivity contribution in [1.29, 1.82) is 0 Å². The summed E-state index contributed by atoms with van der Waals surface area (Å²) in [5.41, 5.74) is 0.484. The lowest BCUT2D eigenvalue weighted by molar-refractivity contribution is -0.134. The van der Waals surface area contributed by atoms with Crippen LogP contribution in [0.4, 0.5) is 0 Å². The van der Waals surface area contributed by atoms with Gasteiger partial charge in [-0.25, -0.2) is 0 Å². The molecule has 0 aliphatic carbocycles. The molecule has 3 rings (SSSR count). The van der Waals surface area contributed by atoms with Crippen LogP contribution in [-0.4, -0.2) is 61.0 Å². The van der Waals surface area contributed by atoms with Crippen LogP contribution < -0.4 is 9.47 Å². The number of rotatable bonds is 6. The van der Waals surface area contributed by atoms with Crippen molar-refractivity contribution in [2.75, 3.05) is 39.4 Å². The molecule has 0 radical (unpaired) electrons. The molecule has 0 spiro atoms. The lowest BCUT2D eigenvalue weighted by atomic mass is 10.2. The Bertz CT molecular complexity index is 865. The Balaban J connectivity index is 1.47. The van der Waals surface area contributed by atoms with Gasteiger partial charge < -0.3 is 19.3 Å². The third kappa shape index (κ3) is 5.55. The summed E-state index contributed by atoms with van der Waals surface area (Å²) in [6.45, 7) is 4.28. The van der Waals surface area contributed by atoms with Crippen molar-refractivity contribution in [3.05, 3.63) is 58.1 Å². The lowest BCUT2D eigenvalue weighted by Crippen LogP contribution is -2.51. The zero-order chi connectivity index (χ0) is 20.8. The summed E-state index contributed by atoms with van der Waals surface area (Å²) in [4.78, 5) is 28.4. The number of amides is 2. The van der Waals surface area contributed by atoms with Gasteiger partial charge in [-0.05, 0) is 49.4 Å². The predicted molar refractivity (Wildman–Crippen MR) is 112 cm³/mol. The average molecular weight is 437 g/mol. The molecule has 6 nitrogen and oxygen atoms in total. The average Bonchev–Trinajstić information content (AvgIpc) is 2.75. The first-order valence-electron chi connectivity index (χ1n) is 9.35. The molecule has 0 N–H and O–H groups in total. The Kier molecular flexibility index (Phi) is 7.23. The number of ether oxygens (including phenoxy) is 2. The first-order chi connectivity index (χ1) is 14.0. The van der Waals surface area contributed by atoms with Gasteiger partial charge in [0.05, 0.1) is 16.7 Å². The molecule has 2 aromatic carbocycles. The van der Waals surface area contributed by atoms with E-state index < -0.39 is 0 Å². The summed E-state index contributed by atoms with van der Waals surface area (Å²) < 4.78 is 10.9. The molecule has 0 aromatic heterocycles. The molecule has 1 aliphatic rings. The number of hydrogen-bond acceptors (Lipinski definition) is 4. The van der Waals surface area contributed by atoms with E-state index in [1.165, 1.54) is 0 Å². The van der Waals surface area contributed by atoms with Crippen molar-refractivity contribution in [3.8, 4) is 11.5 Å². The molecule has 0 bridgehead atoms. The second-order valence-corrected chi connectivity index (χ2v) is 7.31. The Morgan fingerprint density at radius 1 is 0.862 bits per heavy atom. The van der Waals surface area contributed by atoms with E-state index in [1.807, 2.05) is 6.92 Å². The Morgan fingerprint density at radius 2 is 1.45 bits per heavy atom. The molecule has 1 heterocycles. The van der Waals surface area contributed by atoms with Gasteiger partial charge in [-0.2, -0.15) is 0 Å². The van der Waals surface area contributed by atoms with Crippen LogP contribution in [0.2, 0.25) is 10.0 Å². The van der Waals surface area contributed by atoms with E-state index in [4.69, 9.17) is 32.7 Å². The highest BCUT2D eigenvalue weighted by atomic mass is 35.5. The Hall–Kier alpha value is -2.44. The lowest BCUT2D eigenvalue weighted by Gasteiger charge is -2.34. The van der Waals surface area contributed by atoms with E-state index in [0.29, 0.717) is 54.1 Å². The molecule has 154 valence electrons. The van der Waals surface area contributed by atoms with Crippen LogP contribution in [0.15, 0.2) is 42.5 Å². The van der Waals surface area contributed by atoms with Crippen LogP contribution in [0, 0.1) is 0 Å². The van der Waals surface area contributed by atoms with E-state index in [1.54, 1.807) is 52.3 Å². The van der Waals surface area contributed by atoms with Crippen molar-refractivity contribution >= 4 is 35.0 Å². The maximum absolute atomic E-state index is 12.6. The summed E-state index contributed by atoms with van der Waals surface area (Å²) in [5.74, 6) is 1.13. The molecule has 29 heavy (non-hydrogen) atoms. The first kappa shape index (κ1) is 21.3. The number of halogens is 2. The summed E-state index contributed by atoms with van der Waals surface area (Å²) in [7, 11) is 0. The van der Waals surface area contributed by atoms with E-state index in [-0.39, 0.29) is 18.4 Å². The van der Waals surface area contributed by atoms with Gasteiger partial charge in [0, 0.05) is 31.7 Å². The largest absolute Gasteiger partial charge is 0.494 e. The van der Waals surface area contributed by atoms with Crippen LogP contribution >= 0.6 is 23.2 Å². The molecule has 2 aromatic rings. The molecule has 0 saturated carbocycles. The molecule has 0 atom stereocenters. The van der Waals surface area contributed by atoms with Gasteiger partial charge >= 0.3 is 0 Å². The summed E-state index contributed by atoms with van der Waals surface area (Å²) in [6.07, 6.45) is 0. The van der Waals surface area contributed by atoms with Gasteiger partial charge in [0.25, 0.3) is 11.8 Å². The molecule has 1 saturated heterocycles. The minimum absolute atomic E-state index is 0.0469. The van der Waals surface area contributed by atoms with Crippen molar-refractivity contribution in [3.63, 3.8) is 0 Å². The monoisotopic (exact) mass is 436 g/mol. The zero-order valence-electron chi connectivity index (χ0n) is 16.1. The summed E-state index contributed by atoms with van der Waals surface area (Å²) in [5, 5.41) is 0.754. The van der Waals surface area contributed by atoms with E-state index in [2.05, 4.69) is 0 Å². The summed E-state index contributed by atoms with van der Waals surface area (Å²) >= 11 is 11.9. The zero-order valence-corrected chi connectivity index (χ0v) is 17.6. The number of hydrogen-bond donors (Lipinski definition) is 0. The van der Waals surface area contributed by atoms with E-state index >= 15 is 0 Å². The molecule has 2 amide bonds. The van der Waals surface area contributed by atoms with Gasteiger partial charge in [-0.3, -0.25) is 9.59 Å². The molecule has 1 fully saturated rings. The highest BCUT2D eigenvalue weighted by molar-refractivity contribution is 6.42. The van der Waals surface area contributed by atoms with Gasteiger partial charge in [-0.1, -0.05) is 23.2 Å². The van der Waals surface area contributed by atoms with Crippen LogP contribution in [-0.2, 0) is 4.79 Å². The highest BCUT2D eigenvalue weighted by Crippen LogP contribution is 2.23. The van der Waals surface area contributed by atoms with Gasteiger partial charge in [0.1, 0.15) is 11.5 Å². The SMILES string of the molecule is CCOc1ccc(OCC(=O)N2CCN(C(=O)c3ccc(Cl)c(Cl)c3)CC2)cc1. The van der Waals surface area contributed by atoms with Crippen LogP contribution in [0.3, 0.4) is 0 Å². The predicted octanol–water partition coefficient (Wildman–Crippen LogP) is 3.76. The van der Waals surface area contributed by atoms with Crippen molar-refractivity contribution in [1.82, 2.24) is 9.80 Å². The standard InChI is InChI=1S/C21H22Cl2N2O4/c1-2-28-16-4-6-17(7-5-16)29-14-20(26)24-9-11-25(12-10-24)21(27)15-3-8-18(22)19(23)13-15/h3-8,13H,2,9-12,14H2,1H3. The fourth-order valence-electron chi connectivity index (χ4n) is 3.01. The second kappa shape index (κ2) is 9.85. The quantitative estimate of drug-likeness (QED) is 0.691. The van der Waals surface area contributed by atoms with Crippen LogP contribution in [0.1, 0.15) is 17.3 Å². The fourth-order valence-corrected chi connectivity index (χ4v) is 3.30. The van der Waals surface area contributed by atoms with E-state index in [0.717, 1.165) is 5.75 Å². The third-order valence-electron chi connectivity index (χ3n) is 4.58. The topological polar surface area (TPSA) is 59.1 Å². The number of carbonyl (C=O) groups excluding carboxylic acids is 2. The number of piperazine rings is 1. The molecule has 8 heteroatoms. The number of nitrogens with zero attached hydrogens (tertiary/aromatic N) is 2. The summed E-state index contributed by atoms with van der Waals surface area (Å²) in [6, 6.07) is 12.0. The van der Waals surface area contributed by atoms with E-state index in [9.17, 15) is 9.59 Å².